The van der Waals surface area contributed by atoms with Gasteiger partial charge in [0.2, 0.25) is 5.95 Å². The number of carbonyl (C=O) groups is 2. The van der Waals surface area contributed by atoms with E-state index in [1.54, 1.807) is 10.00 Å². The van der Waals surface area contributed by atoms with Gasteiger partial charge in [-0.05, 0) is 6.92 Å². The third-order valence-electron chi connectivity index (χ3n) is 6.04. The van der Waals surface area contributed by atoms with Crippen LogP contribution in [-0.4, -0.2) is 93.4 Å². The molecule has 2 aliphatic rings. The fraction of sp³-hybridized carbons (Fsp3) is 0.524. The lowest BCUT2D eigenvalue weighted by Crippen LogP contribution is -2.52. The van der Waals surface area contributed by atoms with Gasteiger partial charge in [-0.1, -0.05) is 0 Å². The van der Waals surface area contributed by atoms with Crippen molar-refractivity contribution in [2.45, 2.75) is 31.4 Å². The molecule has 2 aliphatic heterocycles. The minimum absolute atomic E-state index is 0.0827. The first-order valence-corrected chi connectivity index (χ1v) is 11.5. The largest absolute Gasteiger partial charge is 0.434 e. The van der Waals surface area contributed by atoms with Crippen LogP contribution in [0.2, 0.25) is 0 Å². The summed E-state index contributed by atoms with van der Waals surface area (Å²) < 4.78 is 83.1. The molecule has 2 fully saturated rings. The number of amides is 2. The van der Waals surface area contributed by atoms with Crippen LogP contribution in [0.1, 0.15) is 18.1 Å². The van der Waals surface area contributed by atoms with Gasteiger partial charge in [0.15, 0.2) is 6.10 Å². The molecule has 18 heteroatoms. The minimum atomic E-state index is -4.94. The zero-order valence-electron chi connectivity index (χ0n) is 20.2. The Balaban J connectivity index is 1.30. The molecule has 4 heterocycles. The molecule has 0 saturated carbocycles. The summed E-state index contributed by atoms with van der Waals surface area (Å²) in [5, 5.41) is 7.62. The summed E-state index contributed by atoms with van der Waals surface area (Å²) in [6.45, 7) is 2.00. The number of hydrogen-bond acceptors (Lipinski definition) is 9. The molecular weight excluding hydrogens is 542 g/mol. The van der Waals surface area contributed by atoms with Crippen molar-refractivity contribution >= 4 is 23.6 Å². The number of H-pyrrole nitrogens is 1. The molecule has 2 atom stereocenters. The molecule has 2 aromatic heterocycles. The maximum absolute atomic E-state index is 13.3. The highest BCUT2D eigenvalue weighted by molar-refractivity contribution is 5.86. The summed E-state index contributed by atoms with van der Waals surface area (Å²) in [5.74, 6) is -0.406. The number of anilines is 2. The Morgan fingerprint density at radius 1 is 1.08 bits per heavy atom. The van der Waals surface area contributed by atoms with Crippen LogP contribution >= 0.6 is 0 Å². The number of hydrogen-bond donors (Lipinski definition) is 2. The van der Waals surface area contributed by atoms with E-state index in [0.717, 1.165) is 11.1 Å². The second-order valence-electron chi connectivity index (χ2n) is 8.89. The van der Waals surface area contributed by atoms with Gasteiger partial charge in [-0.15, -0.1) is 0 Å². The summed E-state index contributed by atoms with van der Waals surface area (Å²) in [7, 11) is 0. The van der Waals surface area contributed by atoms with Crippen molar-refractivity contribution in [3.05, 3.63) is 40.1 Å². The third-order valence-corrected chi connectivity index (χ3v) is 6.04. The quantitative estimate of drug-likeness (QED) is 0.501. The van der Waals surface area contributed by atoms with Gasteiger partial charge in [-0.2, -0.15) is 31.4 Å². The fourth-order valence-corrected chi connectivity index (χ4v) is 4.18. The van der Waals surface area contributed by atoms with Crippen molar-refractivity contribution in [2.75, 3.05) is 49.5 Å². The first kappa shape index (κ1) is 27.9. The van der Waals surface area contributed by atoms with Crippen LogP contribution in [-0.2, 0) is 21.9 Å². The zero-order valence-corrected chi connectivity index (χ0v) is 20.2. The summed E-state index contributed by atoms with van der Waals surface area (Å²) in [5.41, 5.74) is -4.42. The first-order valence-electron chi connectivity index (χ1n) is 11.5. The second-order valence-corrected chi connectivity index (χ2v) is 8.89. The predicted octanol–water partition coefficient (Wildman–Crippen LogP) is 1.57. The number of aromatic nitrogens is 4. The SMILES string of the molecule is CC(CN1CC(C(=O)N2CCN(c3ncc(C(F)(F)F)cn3)CC2)OC1=O)Nc1cn[nH]c(=O)c1C(F)(F)F. The molecule has 212 valence electrons. The molecule has 2 aromatic rings. The Morgan fingerprint density at radius 2 is 1.72 bits per heavy atom. The zero-order chi connectivity index (χ0) is 28.5. The van der Waals surface area contributed by atoms with Gasteiger partial charge in [-0.25, -0.2) is 19.9 Å². The van der Waals surface area contributed by atoms with Gasteiger partial charge < -0.3 is 24.8 Å². The van der Waals surface area contributed by atoms with Crippen molar-refractivity contribution in [3.8, 4) is 0 Å². The molecular formula is C21H22F6N8O4. The lowest BCUT2D eigenvalue weighted by molar-refractivity contribution is -0.139. The number of carbonyl (C=O) groups excluding carboxylic acids is 2. The minimum Gasteiger partial charge on any atom is -0.434 e. The number of piperazine rings is 1. The summed E-state index contributed by atoms with van der Waals surface area (Å²) >= 11 is 0. The van der Waals surface area contributed by atoms with E-state index in [-0.39, 0.29) is 45.2 Å². The van der Waals surface area contributed by atoms with Gasteiger partial charge in [0.1, 0.15) is 5.56 Å². The summed E-state index contributed by atoms with van der Waals surface area (Å²) in [6, 6.07) is -0.775. The number of aromatic amines is 1. The van der Waals surface area contributed by atoms with E-state index < -0.39 is 58.9 Å². The van der Waals surface area contributed by atoms with Gasteiger partial charge >= 0.3 is 18.4 Å². The fourth-order valence-electron chi connectivity index (χ4n) is 4.18. The van der Waals surface area contributed by atoms with Gasteiger partial charge in [-0.3, -0.25) is 9.59 Å². The van der Waals surface area contributed by atoms with Gasteiger partial charge in [0.25, 0.3) is 11.5 Å². The smallest absolute Gasteiger partial charge is 0.423 e. The van der Waals surface area contributed by atoms with Crippen molar-refractivity contribution in [1.82, 2.24) is 30.0 Å². The van der Waals surface area contributed by atoms with Crippen LogP contribution in [0, 0.1) is 0 Å². The Kier molecular flexibility index (Phi) is 7.56. The van der Waals surface area contributed by atoms with E-state index in [2.05, 4.69) is 20.4 Å². The molecule has 0 radical (unpaired) electrons. The van der Waals surface area contributed by atoms with E-state index in [1.165, 1.54) is 11.8 Å². The van der Waals surface area contributed by atoms with E-state index in [0.29, 0.717) is 12.4 Å². The molecule has 0 aromatic carbocycles. The van der Waals surface area contributed by atoms with Crippen molar-refractivity contribution in [3.63, 3.8) is 0 Å². The van der Waals surface area contributed by atoms with Crippen molar-refractivity contribution in [1.29, 1.82) is 0 Å². The first-order chi connectivity index (χ1) is 18.2. The molecule has 0 bridgehead atoms. The number of alkyl halides is 6. The number of rotatable bonds is 6. The standard InChI is InChI=1S/C21H22F6N8O4/c1-11(31-13-8-30-32-16(36)15(13)21(25,26)27)9-35-10-14(39-19(35)38)17(37)33-2-4-34(5-3-33)18-28-6-12(7-29-18)20(22,23)24/h6-8,11,14H,2-5,9-10H2,1H3,(H2,31,32,36). The van der Waals surface area contributed by atoms with E-state index >= 15 is 0 Å². The lowest BCUT2D eigenvalue weighted by Gasteiger charge is -2.35. The number of halogens is 6. The van der Waals surface area contributed by atoms with Crippen LogP contribution in [0.25, 0.3) is 0 Å². The molecule has 2 unspecified atom stereocenters. The normalized spacial score (nSPS) is 19.2. The molecule has 39 heavy (non-hydrogen) atoms. The predicted molar refractivity (Wildman–Crippen MR) is 121 cm³/mol. The van der Waals surface area contributed by atoms with Crippen molar-refractivity contribution in [2.24, 2.45) is 0 Å². The summed E-state index contributed by atoms with van der Waals surface area (Å²) in [4.78, 5) is 48.6. The van der Waals surface area contributed by atoms with Crippen LogP contribution in [0.15, 0.2) is 23.4 Å². The molecule has 2 saturated heterocycles. The Morgan fingerprint density at radius 3 is 2.31 bits per heavy atom. The summed E-state index contributed by atoms with van der Waals surface area (Å²) in [6.07, 6.45) is -9.31. The molecule has 0 spiro atoms. The van der Waals surface area contributed by atoms with E-state index in [9.17, 15) is 40.7 Å². The molecule has 2 amide bonds. The van der Waals surface area contributed by atoms with E-state index in [4.69, 9.17) is 4.74 Å². The molecule has 0 aliphatic carbocycles. The number of nitrogens with one attached hydrogen (secondary N) is 2. The van der Waals surface area contributed by atoms with Crippen LogP contribution in [0.4, 0.5) is 42.8 Å². The molecule has 2 N–H and O–H groups in total. The topological polar surface area (TPSA) is 137 Å². The number of ether oxygens (including phenoxy) is 1. The highest BCUT2D eigenvalue weighted by atomic mass is 19.4. The maximum Gasteiger partial charge on any atom is 0.423 e. The Bertz CT molecular complexity index is 1260. The maximum atomic E-state index is 13.3. The van der Waals surface area contributed by atoms with Crippen LogP contribution < -0.4 is 15.8 Å². The monoisotopic (exact) mass is 564 g/mol. The average molecular weight is 564 g/mol. The highest BCUT2D eigenvalue weighted by Gasteiger charge is 2.41. The van der Waals surface area contributed by atoms with Crippen molar-refractivity contribution < 1.29 is 40.7 Å². The lowest BCUT2D eigenvalue weighted by atomic mass is 10.2. The van der Waals surface area contributed by atoms with Gasteiger partial charge in [0.05, 0.1) is 24.0 Å². The Labute approximate surface area is 215 Å². The van der Waals surface area contributed by atoms with E-state index in [1.807, 2.05) is 0 Å². The number of nitrogens with zero attached hydrogens (tertiary/aromatic N) is 6. The highest BCUT2D eigenvalue weighted by Crippen LogP contribution is 2.32. The number of cyclic esters (lactones) is 1. The molecule has 12 nitrogen and oxygen atoms in total. The van der Waals surface area contributed by atoms with Gasteiger partial charge in [0, 0.05) is 51.2 Å². The third kappa shape index (κ3) is 6.31. The second kappa shape index (κ2) is 10.6. The Hall–Kier alpha value is -4.12. The van der Waals surface area contributed by atoms with Crippen LogP contribution in [0.5, 0.6) is 0 Å². The molecule has 4 rings (SSSR count). The average Bonchev–Trinajstić information content (AvgIpc) is 3.22. The van der Waals surface area contributed by atoms with Crippen LogP contribution in [0.3, 0.4) is 0 Å².